The summed E-state index contributed by atoms with van der Waals surface area (Å²) in [4.78, 5) is 14.5. The molecule has 114 valence electrons. The van der Waals surface area contributed by atoms with E-state index in [0.717, 1.165) is 12.5 Å². The topological polar surface area (TPSA) is 29.5 Å². The van der Waals surface area contributed by atoms with Gasteiger partial charge in [-0.2, -0.15) is 0 Å². The van der Waals surface area contributed by atoms with Crippen LogP contribution in [0.1, 0.15) is 65.2 Å². The molecule has 0 aromatic rings. The number of fused-ring (bicyclic) bond motifs is 1. The standard InChI is InChI=1S/C17H29NO2/c1-3-16(19)20-17(14-9-7-13(2)8-10-14)12-18-11-5-4-6-15(17)18/h13-15H,3-12H2,1-2H3/t13?,14?,15-,17+/m0/s1. The zero-order valence-electron chi connectivity index (χ0n) is 13.1. The van der Waals surface area contributed by atoms with Crippen LogP contribution < -0.4 is 0 Å². The minimum atomic E-state index is -0.131. The van der Waals surface area contributed by atoms with Crippen molar-refractivity contribution in [3.05, 3.63) is 0 Å². The van der Waals surface area contributed by atoms with Crippen molar-refractivity contribution >= 4 is 5.97 Å². The lowest BCUT2D eigenvalue weighted by atomic mass is 9.64. The molecule has 2 atom stereocenters. The van der Waals surface area contributed by atoms with Crippen molar-refractivity contribution in [2.24, 2.45) is 11.8 Å². The maximum absolute atomic E-state index is 12.0. The van der Waals surface area contributed by atoms with Gasteiger partial charge in [-0.15, -0.1) is 0 Å². The summed E-state index contributed by atoms with van der Waals surface area (Å²) < 4.78 is 6.09. The van der Waals surface area contributed by atoms with E-state index in [4.69, 9.17) is 4.74 Å². The van der Waals surface area contributed by atoms with Gasteiger partial charge in [-0.05, 0) is 38.1 Å². The smallest absolute Gasteiger partial charge is 0.306 e. The van der Waals surface area contributed by atoms with E-state index in [9.17, 15) is 4.79 Å². The number of rotatable bonds is 3. The molecule has 0 radical (unpaired) electrons. The van der Waals surface area contributed by atoms with Gasteiger partial charge in [0.25, 0.3) is 0 Å². The predicted molar refractivity (Wildman–Crippen MR) is 79.4 cm³/mol. The first-order valence-electron chi connectivity index (χ1n) is 8.61. The Kier molecular flexibility index (Phi) is 4.07. The summed E-state index contributed by atoms with van der Waals surface area (Å²) in [6.07, 6.45) is 9.48. The summed E-state index contributed by atoms with van der Waals surface area (Å²) in [5.41, 5.74) is -0.131. The number of ether oxygens (including phenoxy) is 1. The number of carbonyl (C=O) groups is 1. The third-order valence-electron chi connectivity index (χ3n) is 5.93. The number of carbonyl (C=O) groups excluding carboxylic acids is 1. The van der Waals surface area contributed by atoms with Crippen molar-refractivity contribution in [1.29, 1.82) is 0 Å². The average molecular weight is 279 g/mol. The minimum absolute atomic E-state index is 0.00819. The van der Waals surface area contributed by atoms with Crippen molar-refractivity contribution in [2.75, 3.05) is 13.1 Å². The fourth-order valence-corrected chi connectivity index (χ4v) is 4.66. The maximum Gasteiger partial charge on any atom is 0.306 e. The van der Waals surface area contributed by atoms with Crippen molar-refractivity contribution in [2.45, 2.75) is 76.9 Å². The highest BCUT2D eigenvalue weighted by Crippen LogP contribution is 2.49. The molecule has 3 aliphatic rings. The SMILES string of the molecule is CCC(=O)O[C@@]1(C2CCC(C)CC2)CN2CCCC[C@H]21. The molecule has 0 aromatic heterocycles. The summed E-state index contributed by atoms with van der Waals surface area (Å²) in [6, 6.07) is 0.519. The van der Waals surface area contributed by atoms with Crippen molar-refractivity contribution in [1.82, 2.24) is 4.90 Å². The van der Waals surface area contributed by atoms with E-state index in [0.29, 0.717) is 18.4 Å². The Balaban J connectivity index is 1.75. The lowest BCUT2D eigenvalue weighted by Gasteiger charge is -2.62. The van der Waals surface area contributed by atoms with Gasteiger partial charge in [-0.3, -0.25) is 9.69 Å². The van der Waals surface area contributed by atoms with E-state index in [1.807, 2.05) is 6.92 Å². The summed E-state index contributed by atoms with van der Waals surface area (Å²) >= 11 is 0. The second-order valence-corrected chi connectivity index (χ2v) is 7.22. The molecular formula is C17H29NO2. The summed E-state index contributed by atoms with van der Waals surface area (Å²) in [5, 5.41) is 0. The second-order valence-electron chi connectivity index (χ2n) is 7.22. The van der Waals surface area contributed by atoms with Crippen LogP contribution in [0, 0.1) is 11.8 Å². The molecule has 3 rings (SSSR count). The molecule has 3 nitrogen and oxygen atoms in total. The average Bonchev–Trinajstić information content (AvgIpc) is 2.45. The minimum Gasteiger partial charge on any atom is -0.456 e. The summed E-state index contributed by atoms with van der Waals surface area (Å²) in [6.45, 7) is 6.48. The molecule has 1 saturated carbocycles. The van der Waals surface area contributed by atoms with Gasteiger partial charge in [-0.1, -0.05) is 33.1 Å². The number of nitrogens with zero attached hydrogens (tertiary/aromatic N) is 1. The molecule has 0 unspecified atom stereocenters. The Morgan fingerprint density at radius 1 is 1.20 bits per heavy atom. The van der Waals surface area contributed by atoms with Crippen LogP contribution in [0.15, 0.2) is 0 Å². The molecule has 2 saturated heterocycles. The van der Waals surface area contributed by atoms with Crippen LogP contribution in [0.25, 0.3) is 0 Å². The zero-order valence-corrected chi connectivity index (χ0v) is 13.1. The van der Waals surface area contributed by atoms with E-state index < -0.39 is 0 Å². The van der Waals surface area contributed by atoms with E-state index in [-0.39, 0.29) is 11.6 Å². The van der Waals surface area contributed by atoms with Crippen molar-refractivity contribution in [3.63, 3.8) is 0 Å². The number of hydrogen-bond acceptors (Lipinski definition) is 3. The molecule has 0 bridgehead atoms. The van der Waals surface area contributed by atoms with Gasteiger partial charge in [0.2, 0.25) is 0 Å². The first kappa shape index (κ1) is 14.4. The van der Waals surface area contributed by atoms with Crippen LogP contribution in [0.2, 0.25) is 0 Å². The molecule has 0 N–H and O–H groups in total. The van der Waals surface area contributed by atoms with Gasteiger partial charge in [0.1, 0.15) is 5.60 Å². The fraction of sp³-hybridized carbons (Fsp3) is 0.941. The maximum atomic E-state index is 12.0. The normalized spacial score (nSPS) is 41.6. The van der Waals surface area contributed by atoms with Crippen LogP contribution in [-0.4, -0.2) is 35.6 Å². The van der Waals surface area contributed by atoms with Gasteiger partial charge in [0.05, 0.1) is 6.04 Å². The predicted octanol–water partition coefficient (Wildman–Crippen LogP) is 3.37. The lowest BCUT2D eigenvalue weighted by molar-refractivity contribution is -0.229. The first-order chi connectivity index (χ1) is 9.65. The zero-order chi connectivity index (χ0) is 14.2. The highest BCUT2D eigenvalue weighted by Gasteiger charge is 2.59. The van der Waals surface area contributed by atoms with Crippen LogP contribution in [0.3, 0.4) is 0 Å². The highest BCUT2D eigenvalue weighted by molar-refractivity contribution is 5.69. The summed E-state index contributed by atoms with van der Waals surface area (Å²) in [5.74, 6) is 1.47. The Labute approximate surface area is 123 Å². The summed E-state index contributed by atoms with van der Waals surface area (Å²) in [7, 11) is 0. The monoisotopic (exact) mass is 279 g/mol. The number of hydrogen-bond donors (Lipinski definition) is 0. The number of esters is 1. The van der Waals surface area contributed by atoms with Crippen LogP contribution >= 0.6 is 0 Å². The van der Waals surface area contributed by atoms with Gasteiger partial charge >= 0.3 is 5.97 Å². The molecule has 3 fully saturated rings. The van der Waals surface area contributed by atoms with Crippen molar-refractivity contribution in [3.8, 4) is 0 Å². The molecule has 1 aliphatic carbocycles. The fourth-order valence-electron chi connectivity index (χ4n) is 4.66. The Bertz CT molecular complexity index is 362. The van der Waals surface area contributed by atoms with Crippen LogP contribution in [0.5, 0.6) is 0 Å². The van der Waals surface area contributed by atoms with Crippen LogP contribution in [0.4, 0.5) is 0 Å². The molecule has 20 heavy (non-hydrogen) atoms. The quantitative estimate of drug-likeness (QED) is 0.742. The van der Waals surface area contributed by atoms with Crippen LogP contribution in [-0.2, 0) is 9.53 Å². The Morgan fingerprint density at radius 2 is 1.95 bits per heavy atom. The molecule has 0 aromatic carbocycles. The molecular weight excluding hydrogens is 250 g/mol. The Hall–Kier alpha value is -0.570. The largest absolute Gasteiger partial charge is 0.456 e. The van der Waals surface area contributed by atoms with Gasteiger partial charge in [-0.25, -0.2) is 0 Å². The second kappa shape index (κ2) is 5.67. The third kappa shape index (κ3) is 2.38. The van der Waals surface area contributed by atoms with Gasteiger partial charge < -0.3 is 4.74 Å². The molecule has 3 heteroatoms. The van der Waals surface area contributed by atoms with E-state index in [1.54, 1.807) is 0 Å². The first-order valence-corrected chi connectivity index (χ1v) is 8.61. The van der Waals surface area contributed by atoms with E-state index in [1.165, 1.54) is 51.5 Å². The van der Waals surface area contributed by atoms with Gasteiger partial charge in [0, 0.05) is 18.9 Å². The third-order valence-corrected chi connectivity index (χ3v) is 5.93. The molecule has 2 heterocycles. The Morgan fingerprint density at radius 3 is 2.60 bits per heavy atom. The van der Waals surface area contributed by atoms with Gasteiger partial charge in [0.15, 0.2) is 0 Å². The van der Waals surface area contributed by atoms with E-state index in [2.05, 4.69) is 11.8 Å². The van der Waals surface area contributed by atoms with E-state index >= 15 is 0 Å². The number of piperidine rings is 1. The van der Waals surface area contributed by atoms with Crippen molar-refractivity contribution < 1.29 is 9.53 Å². The molecule has 0 spiro atoms. The lowest BCUT2D eigenvalue weighted by Crippen LogP contribution is -2.75. The molecule has 2 aliphatic heterocycles. The highest BCUT2D eigenvalue weighted by atomic mass is 16.6. The molecule has 0 amide bonds.